The van der Waals surface area contributed by atoms with Crippen molar-refractivity contribution in [1.29, 1.82) is 0 Å². The van der Waals surface area contributed by atoms with E-state index in [1.807, 2.05) is 13.1 Å². The maximum absolute atomic E-state index is 3.39. The minimum Gasteiger partial charge on any atom is -0.309 e. The van der Waals surface area contributed by atoms with Crippen molar-refractivity contribution in [1.82, 2.24) is 5.32 Å². The second-order valence-electron chi connectivity index (χ2n) is 5.12. The van der Waals surface area contributed by atoms with Gasteiger partial charge in [0.05, 0.1) is 6.04 Å². The molecule has 0 radical (unpaired) electrons. The van der Waals surface area contributed by atoms with Crippen LogP contribution in [0.2, 0.25) is 0 Å². The largest absolute Gasteiger partial charge is 0.309 e. The molecule has 0 fully saturated rings. The van der Waals surface area contributed by atoms with Crippen LogP contribution < -0.4 is 5.32 Å². The molecule has 0 aliphatic heterocycles. The fourth-order valence-corrected chi connectivity index (χ4v) is 2.67. The molecule has 0 aliphatic carbocycles. The van der Waals surface area contributed by atoms with Gasteiger partial charge in [-0.1, -0.05) is 84.9 Å². The Morgan fingerprint density at radius 3 is 1.62 bits per heavy atom. The smallest absolute Gasteiger partial charge is 0.0574 e. The first-order valence-electron chi connectivity index (χ1n) is 7.26. The van der Waals surface area contributed by atoms with Crippen molar-refractivity contribution in [3.63, 3.8) is 0 Å². The molecule has 0 aliphatic rings. The summed E-state index contributed by atoms with van der Waals surface area (Å²) in [6.07, 6.45) is 0. The monoisotopic (exact) mass is 273 g/mol. The van der Waals surface area contributed by atoms with Gasteiger partial charge in [-0.25, -0.2) is 0 Å². The van der Waals surface area contributed by atoms with E-state index in [0.29, 0.717) is 0 Å². The van der Waals surface area contributed by atoms with Gasteiger partial charge in [0.25, 0.3) is 0 Å². The normalized spacial score (nSPS) is 12.0. The summed E-state index contributed by atoms with van der Waals surface area (Å²) in [6.45, 7) is 0. The third-order valence-corrected chi connectivity index (χ3v) is 3.77. The van der Waals surface area contributed by atoms with E-state index in [1.54, 1.807) is 0 Å². The summed E-state index contributed by atoms with van der Waals surface area (Å²) in [5.74, 6) is 0. The predicted octanol–water partition coefficient (Wildman–Crippen LogP) is 4.66. The minimum absolute atomic E-state index is 0.232. The summed E-state index contributed by atoms with van der Waals surface area (Å²) in [4.78, 5) is 0. The third kappa shape index (κ3) is 3.04. The molecule has 1 atom stereocenters. The van der Waals surface area contributed by atoms with Crippen molar-refractivity contribution in [3.05, 3.63) is 96.1 Å². The number of hydrogen-bond acceptors (Lipinski definition) is 1. The number of hydrogen-bond donors (Lipinski definition) is 1. The highest BCUT2D eigenvalue weighted by molar-refractivity contribution is 5.63. The summed E-state index contributed by atoms with van der Waals surface area (Å²) in [5, 5.41) is 3.39. The summed E-state index contributed by atoms with van der Waals surface area (Å²) in [5.41, 5.74) is 5.07. The molecule has 0 heterocycles. The van der Waals surface area contributed by atoms with Crippen LogP contribution in [-0.4, -0.2) is 7.05 Å². The van der Waals surface area contributed by atoms with Crippen LogP contribution in [0.15, 0.2) is 84.9 Å². The van der Waals surface area contributed by atoms with E-state index in [9.17, 15) is 0 Å². The summed E-state index contributed by atoms with van der Waals surface area (Å²) in [7, 11) is 2.00. The van der Waals surface area contributed by atoms with E-state index in [0.717, 1.165) is 0 Å². The van der Waals surface area contributed by atoms with Gasteiger partial charge in [0.15, 0.2) is 0 Å². The van der Waals surface area contributed by atoms with Crippen LogP contribution in [0.1, 0.15) is 17.2 Å². The van der Waals surface area contributed by atoms with E-state index in [4.69, 9.17) is 0 Å². The molecule has 0 saturated carbocycles. The zero-order valence-corrected chi connectivity index (χ0v) is 12.2. The molecule has 0 bridgehead atoms. The second-order valence-corrected chi connectivity index (χ2v) is 5.12. The average Bonchev–Trinajstić information content (AvgIpc) is 2.58. The highest BCUT2D eigenvalue weighted by atomic mass is 14.9. The van der Waals surface area contributed by atoms with Crippen LogP contribution in [0.5, 0.6) is 0 Å². The van der Waals surface area contributed by atoms with Crippen LogP contribution >= 0.6 is 0 Å². The van der Waals surface area contributed by atoms with E-state index < -0.39 is 0 Å². The molecule has 0 saturated heterocycles. The van der Waals surface area contributed by atoms with Gasteiger partial charge in [0.1, 0.15) is 0 Å². The number of rotatable bonds is 4. The van der Waals surface area contributed by atoms with E-state index >= 15 is 0 Å². The lowest BCUT2D eigenvalue weighted by Gasteiger charge is -2.17. The molecule has 104 valence electrons. The van der Waals surface area contributed by atoms with Crippen molar-refractivity contribution in [2.75, 3.05) is 7.05 Å². The van der Waals surface area contributed by atoms with Gasteiger partial charge in [0.2, 0.25) is 0 Å². The molecule has 0 spiro atoms. The molecule has 3 aromatic rings. The Labute approximate surface area is 126 Å². The first kappa shape index (κ1) is 13.6. The Hall–Kier alpha value is -2.38. The molecular weight excluding hydrogens is 254 g/mol. The van der Waals surface area contributed by atoms with Gasteiger partial charge in [-0.2, -0.15) is 0 Å². The molecule has 21 heavy (non-hydrogen) atoms. The molecule has 0 aromatic heterocycles. The van der Waals surface area contributed by atoms with E-state index in [-0.39, 0.29) is 6.04 Å². The summed E-state index contributed by atoms with van der Waals surface area (Å²) < 4.78 is 0. The predicted molar refractivity (Wildman–Crippen MR) is 89.2 cm³/mol. The first-order valence-corrected chi connectivity index (χ1v) is 7.26. The van der Waals surface area contributed by atoms with Crippen molar-refractivity contribution >= 4 is 0 Å². The fraction of sp³-hybridized carbons (Fsp3) is 0.100. The zero-order valence-electron chi connectivity index (χ0n) is 12.2. The quantitative estimate of drug-likeness (QED) is 0.729. The highest BCUT2D eigenvalue weighted by Gasteiger charge is 2.11. The van der Waals surface area contributed by atoms with Crippen molar-refractivity contribution in [3.8, 4) is 11.1 Å². The maximum atomic E-state index is 3.39. The lowest BCUT2D eigenvalue weighted by atomic mass is 9.96. The van der Waals surface area contributed by atoms with Crippen LogP contribution in [0.25, 0.3) is 11.1 Å². The fourth-order valence-electron chi connectivity index (χ4n) is 2.67. The minimum atomic E-state index is 0.232. The maximum Gasteiger partial charge on any atom is 0.0574 e. The van der Waals surface area contributed by atoms with Crippen molar-refractivity contribution < 1.29 is 0 Å². The summed E-state index contributed by atoms with van der Waals surface area (Å²) >= 11 is 0. The highest BCUT2D eigenvalue weighted by Crippen LogP contribution is 2.25. The second kappa shape index (κ2) is 6.38. The zero-order chi connectivity index (χ0) is 14.5. The topological polar surface area (TPSA) is 12.0 Å². The van der Waals surface area contributed by atoms with Crippen LogP contribution in [0.3, 0.4) is 0 Å². The standard InChI is InChI=1S/C20H19N/c1-21-20(18-10-6-3-7-11-18)19-14-12-17(13-15-19)16-8-4-2-5-9-16/h2-15,20-21H,1H3. The Balaban J connectivity index is 1.90. The molecular formula is C20H19N. The molecule has 3 rings (SSSR count). The van der Waals surface area contributed by atoms with Crippen LogP contribution in [0, 0.1) is 0 Å². The lowest BCUT2D eigenvalue weighted by Crippen LogP contribution is -2.17. The molecule has 1 N–H and O–H groups in total. The van der Waals surface area contributed by atoms with Gasteiger partial charge < -0.3 is 5.32 Å². The molecule has 1 unspecified atom stereocenters. The Morgan fingerprint density at radius 2 is 1.05 bits per heavy atom. The molecule has 1 nitrogen and oxygen atoms in total. The van der Waals surface area contributed by atoms with Crippen molar-refractivity contribution in [2.45, 2.75) is 6.04 Å². The van der Waals surface area contributed by atoms with Crippen molar-refractivity contribution in [2.24, 2.45) is 0 Å². The third-order valence-electron chi connectivity index (χ3n) is 3.77. The van der Waals surface area contributed by atoms with Gasteiger partial charge >= 0.3 is 0 Å². The van der Waals surface area contributed by atoms with Gasteiger partial charge in [-0.3, -0.25) is 0 Å². The average molecular weight is 273 g/mol. The summed E-state index contributed by atoms with van der Waals surface area (Å²) in [6, 6.07) is 30.0. The Kier molecular flexibility index (Phi) is 4.13. The van der Waals surface area contributed by atoms with Gasteiger partial charge in [-0.15, -0.1) is 0 Å². The lowest BCUT2D eigenvalue weighted by molar-refractivity contribution is 0.692. The van der Waals surface area contributed by atoms with E-state index in [2.05, 4.69) is 84.2 Å². The van der Waals surface area contributed by atoms with E-state index in [1.165, 1.54) is 22.3 Å². The van der Waals surface area contributed by atoms with Gasteiger partial charge in [-0.05, 0) is 29.3 Å². The van der Waals surface area contributed by atoms with Crippen LogP contribution in [0.4, 0.5) is 0 Å². The van der Waals surface area contributed by atoms with Crippen LogP contribution in [-0.2, 0) is 0 Å². The Morgan fingerprint density at radius 1 is 0.571 bits per heavy atom. The number of nitrogens with one attached hydrogen (secondary N) is 1. The molecule has 0 amide bonds. The Bertz CT molecular complexity index is 672. The first-order chi connectivity index (χ1) is 10.4. The van der Waals surface area contributed by atoms with Gasteiger partial charge in [0, 0.05) is 0 Å². The SMILES string of the molecule is CNC(c1ccccc1)c1ccc(-c2ccccc2)cc1. The molecule has 3 aromatic carbocycles. The molecule has 1 heteroatoms. The number of benzene rings is 3.